The molecular formula is C18H16N4O3. The fraction of sp³-hybridized carbons (Fsp3) is 0.222. The van der Waals surface area contributed by atoms with E-state index in [-0.39, 0.29) is 12.2 Å². The molecule has 0 aliphatic heterocycles. The highest BCUT2D eigenvalue weighted by atomic mass is 16.5. The van der Waals surface area contributed by atoms with E-state index in [1.54, 1.807) is 29.1 Å². The molecule has 0 fully saturated rings. The summed E-state index contributed by atoms with van der Waals surface area (Å²) in [5.41, 5.74) is 4.68. The van der Waals surface area contributed by atoms with Crippen molar-refractivity contribution in [2.24, 2.45) is 0 Å². The zero-order chi connectivity index (χ0) is 17.4. The first kappa shape index (κ1) is 15.3. The van der Waals surface area contributed by atoms with Gasteiger partial charge in [-0.2, -0.15) is 5.10 Å². The standard InChI is InChI=1S/C18H16N4O3/c1-11-15(12(2)25-21-11)9-22-8-13(7-20-22)5-17(23)14-3-4-18-16(6-14)19-10-24-18/h3-4,6-8,10H,5,9H2,1-2H3. The number of rotatable bonds is 5. The molecule has 0 spiro atoms. The van der Waals surface area contributed by atoms with Crippen molar-refractivity contribution in [2.75, 3.05) is 0 Å². The molecule has 126 valence electrons. The number of carbonyl (C=O) groups is 1. The summed E-state index contributed by atoms with van der Waals surface area (Å²) in [6.45, 7) is 4.35. The van der Waals surface area contributed by atoms with Crippen LogP contribution in [-0.2, 0) is 13.0 Å². The molecule has 0 atom stereocenters. The Bertz CT molecular complexity index is 1040. The normalized spacial score (nSPS) is 11.3. The highest BCUT2D eigenvalue weighted by Gasteiger charge is 2.13. The Balaban J connectivity index is 1.49. The van der Waals surface area contributed by atoms with E-state index in [0.717, 1.165) is 22.6 Å². The molecule has 7 nitrogen and oxygen atoms in total. The monoisotopic (exact) mass is 336 g/mol. The number of ketones is 1. The minimum atomic E-state index is 0.0155. The molecule has 0 bridgehead atoms. The Labute approximate surface area is 143 Å². The maximum absolute atomic E-state index is 12.5. The first-order valence-corrected chi connectivity index (χ1v) is 7.89. The second-order valence-corrected chi connectivity index (χ2v) is 5.98. The van der Waals surface area contributed by atoms with E-state index < -0.39 is 0 Å². The van der Waals surface area contributed by atoms with Gasteiger partial charge in [-0.1, -0.05) is 5.16 Å². The summed E-state index contributed by atoms with van der Waals surface area (Å²) in [5, 5.41) is 8.27. The van der Waals surface area contributed by atoms with E-state index in [1.165, 1.54) is 6.39 Å². The summed E-state index contributed by atoms with van der Waals surface area (Å²) in [7, 11) is 0. The summed E-state index contributed by atoms with van der Waals surface area (Å²) in [6, 6.07) is 5.26. The second-order valence-electron chi connectivity index (χ2n) is 5.98. The maximum atomic E-state index is 12.5. The third-order valence-electron chi connectivity index (χ3n) is 4.21. The van der Waals surface area contributed by atoms with Crippen LogP contribution in [0.3, 0.4) is 0 Å². The first-order valence-electron chi connectivity index (χ1n) is 7.89. The third-order valence-corrected chi connectivity index (χ3v) is 4.21. The van der Waals surface area contributed by atoms with Gasteiger partial charge in [-0.15, -0.1) is 0 Å². The van der Waals surface area contributed by atoms with Gasteiger partial charge in [-0.3, -0.25) is 9.48 Å². The third kappa shape index (κ3) is 2.96. The number of fused-ring (bicyclic) bond motifs is 1. The average molecular weight is 336 g/mol. The smallest absolute Gasteiger partial charge is 0.181 e. The molecule has 4 rings (SSSR count). The molecule has 4 aromatic rings. The molecule has 1 aromatic carbocycles. The highest BCUT2D eigenvalue weighted by Crippen LogP contribution is 2.17. The highest BCUT2D eigenvalue weighted by molar-refractivity contribution is 5.99. The van der Waals surface area contributed by atoms with Crippen molar-refractivity contribution in [3.8, 4) is 0 Å². The molecule has 0 unspecified atom stereocenters. The van der Waals surface area contributed by atoms with Crippen molar-refractivity contribution in [1.29, 1.82) is 0 Å². The molecule has 3 aromatic heterocycles. The van der Waals surface area contributed by atoms with Gasteiger partial charge in [0, 0.05) is 23.7 Å². The SMILES string of the molecule is Cc1noc(C)c1Cn1cc(CC(=O)c2ccc3ocnc3c2)cn1. The second kappa shape index (κ2) is 6.01. The topological polar surface area (TPSA) is 87.0 Å². The largest absolute Gasteiger partial charge is 0.443 e. The fourth-order valence-electron chi connectivity index (χ4n) is 2.79. The number of oxazole rings is 1. The quantitative estimate of drug-likeness (QED) is 0.520. The maximum Gasteiger partial charge on any atom is 0.181 e. The van der Waals surface area contributed by atoms with Crippen LogP contribution in [0.1, 0.15) is 32.9 Å². The van der Waals surface area contributed by atoms with Gasteiger partial charge >= 0.3 is 0 Å². The van der Waals surface area contributed by atoms with Gasteiger partial charge in [0.15, 0.2) is 17.8 Å². The molecule has 0 saturated carbocycles. The minimum absolute atomic E-state index is 0.0155. The summed E-state index contributed by atoms with van der Waals surface area (Å²) >= 11 is 0. The molecule has 0 aliphatic carbocycles. The lowest BCUT2D eigenvalue weighted by atomic mass is 10.1. The van der Waals surface area contributed by atoms with Crippen LogP contribution in [0.25, 0.3) is 11.1 Å². The zero-order valence-corrected chi connectivity index (χ0v) is 13.9. The van der Waals surface area contributed by atoms with Gasteiger partial charge in [-0.05, 0) is 37.6 Å². The van der Waals surface area contributed by atoms with Gasteiger partial charge in [-0.25, -0.2) is 4.98 Å². The number of aryl methyl sites for hydroxylation is 2. The fourth-order valence-corrected chi connectivity index (χ4v) is 2.79. The zero-order valence-electron chi connectivity index (χ0n) is 13.9. The molecular weight excluding hydrogens is 320 g/mol. The van der Waals surface area contributed by atoms with Gasteiger partial charge in [0.05, 0.1) is 18.4 Å². The van der Waals surface area contributed by atoms with Crippen LogP contribution in [0.4, 0.5) is 0 Å². The lowest BCUT2D eigenvalue weighted by Gasteiger charge is -2.01. The van der Waals surface area contributed by atoms with Gasteiger partial charge in [0.1, 0.15) is 11.3 Å². The number of carbonyl (C=O) groups excluding carboxylic acids is 1. The van der Waals surface area contributed by atoms with Crippen molar-refractivity contribution < 1.29 is 13.7 Å². The van der Waals surface area contributed by atoms with Gasteiger partial charge in [0.25, 0.3) is 0 Å². The molecule has 7 heteroatoms. The Kier molecular flexibility index (Phi) is 3.68. The van der Waals surface area contributed by atoms with Crippen molar-refractivity contribution in [3.63, 3.8) is 0 Å². The van der Waals surface area contributed by atoms with Crippen LogP contribution in [0, 0.1) is 13.8 Å². The van der Waals surface area contributed by atoms with E-state index in [9.17, 15) is 4.79 Å². The van der Waals surface area contributed by atoms with Crippen LogP contribution in [0.15, 0.2) is 45.9 Å². The van der Waals surface area contributed by atoms with Crippen LogP contribution in [0.2, 0.25) is 0 Å². The minimum Gasteiger partial charge on any atom is -0.443 e. The molecule has 0 N–H and O–H groups in total. The Hall–Kier alpha value is -3.22. The number of nitrogens with zero attached hydrogens (tertiary/aromatic N) is 4. The molecule has 0 radical (unpaired) electrons. The van der Waals surface area contributed by atoms with Gasteiger partial charge in [0.2, 0.25) is 0 Å². The van der Waals surface area contributed by atoms with Crippen molar-refractivity contribution in [1.82, 2.24) is 19.9 Å². The summed E-state index contributed by atoms with van der Waals surface area (Å²) < 4.78 is 12.1. The van der Waals surface area contributed by atoms with Crippen LogP contribution < -0.4 is 0 Å². The lowest BCUT2D eigenvalue weighted by molar-refractivity contribution is 0.0993. The van der Waals surface area contributed by atoms with Crippen LogP contribution in [-0.4, -0.2) is 25.7 Å². The van der Waals surface area contributed by atoms with Gasteiger partial charge < -0.3 is 8.94 Å². The summed E-state index contributed by atoms with van der Waals surface area (Å²) in [5.74, 6) is 0.799. The number of hydrogen-bond donors (Lipinski definition) is 0. The lowest BCUT2D eigenvalue weighted by Crippen LogP contribution is -2.04. The first-order chi connectivity index (χ1) is 12.1. The van der Waals surface area contributed by atoms with Crippen LogP contribution >= 0.6 is 0 Å². The summed E-state index contributed by atoms with van der Waals surface area (Å²) in [6.07, 6.45) is 5.24. The van der Waals surface area contributed by atoms with E-state index in [1.807, 2.05) is 20.0 Å². The van der Waals surface area contributed by atoms with Crippen molar-refractivity contribution >= 4 is 16.9 Å². The number of hydrogen-bond acceptors (Lipinski definition) is 6. The molecule has 0 saturated heterocycles. The predicted octanol–water partition coefficient (Wildman–Crippen LogP) is 3.10. The Morgan fingerprint density at radius 1 is 1.28 bits per heavy atom. The number of benzene rings is 1. The molecule has 0 aliphatic rings. The van der Waals surface area contributed by atoms with Crippen LogP contribution in [0.5, 0.6) is 0 Å². The molecule has 0 amide bonds. The number of aromatic nitrogens is 4. The molecule has 3 heterocycles. The van der Waals surface area contributed by atoms with Crippen molar-refractivity contribution in [3.05, 3.63) is 65.1 Å². The average Bonchev–Trinajstić information content (AvgIpc) is 3.31. The number of Topliss-reactive ketones (excluding diaryl/α,β-unsaturated/α-hetero) is 1. The summed E-state index contributed by atoms with van der Waals surface area (Å²) in [4.78, 5) is 16.6. The van der Waals surface area contributed by atoms with E-state index in [4.69, 9.17) is 8.94 Å². The van der Waals surface area contributed by atoms with Crippen molar-refractivity contribution in [2.45, 2.75) is 26.8 Å². The Morgan fingerprint density at radius 2 is 2.16 bits per heavy atom. The Morgan fingerprint density at radius 3 is 2.96 bits per heavy atom. The molecule has 25 heavy (non-hydrogen) atoms. The van der Waals surface area contributed by atoms with E-state index in [0.29, 0.717) is 23.2 Å². The van der Waals surface area contributed by atoms with E-state index in [2.05, 4.69) is 15.2 Å². The predicted molar refractivity (Wildman–Crippen MR) is 89.3 cm³/mol. The van der Waals surface area contributed by atoms with E-state index >= 15 is 0 Å².